The Kier molecular flexibility index (Phi) is 3.28. The van der Waals surface area contributed by atoms with Crippen LogP contribution in [-0.4, -0.2) is 24.6 Å². The molecule has 24 heavy (non-hydrogen) atoms. The third kappa shape index (κ3) is 2.22. The number of hydrogen-bond donors (Lipinski definition) is 1. The maximum absolute atomic E-state index is 12.1. The predicted molar refractivity (Wildman–Crippen MR) is 89.7 cm³/mol. The Morgan fingerprint density at radius 1 is 1.21 bits per heavy atom. The molecule has 0 aliphatic heterocycles. The molecule has 1 N–H and O–H groups in total. The van der Waals surface area contributed by atoms with Crippen molar-refractivity contribution in [2.45, 2.75) is 0 Å². The Bertz CT molecular complexity index is 1160. The van der Waals surface area contributed by atoms with Crippen LogP contribution in [0.5, 0.6) is 5.75 Å². The van der Waals surface area contributed by atoms with Gasteiger partial charge in [-0.25, -0.2) is 19.7 Å². The largest absolute Gasteiger partial charge is 0.506 e. The lowest BCUT2D eigenvalue weighted by Gasteiger charge is -2.02. The van der Waals surface area contributed by atoms with Crippen LogP contribution < -0.4 is 5.63 Å². The van der Waals surface area contributed by atoms with E-state index in [0.29, 0.717) is 22.1 Å². The van der Waals surface area contributed by atoms with Crippen LogP contribution >= 0.6 is 11.6 Å². The summed E-state index contributed by atoms with van der Waals surface area (Å²) in [6.07, 6.45) is 5.78. The molecule has 7 nitrogen and oxygen atoms in total. The number of fused-ring (bicyclic) bond motifs is 2. The maximum atomic E-state index is 12.1. The summed E-state index contributed by atoms with van der Waals surface area (Å²) in [4.78, 5) is 24.1. The molecule has 0 bridgehead atoms. The molecule has 0 saturated carbocycles. The summed E-state index contributed by atoms with van der Waals surface area (Å²) in [6, 6.07) is 6.76. The third-order valence-corrected chi connectivity index (χ3v) is 3.81. The Balaban J connectivity index is 1.85. The summed E-state index contributed by atoms with van der Waals surface area (Å²) in [6.45, 7) is 0. The summed E-state index contributed by atoms with van der Waals surface area (Å²) in [5.74, 6) is -0.143. The highest BCUT2D eigenvalue weighted by Gasteiger charge is 2.12. The van der Waals surface area contributed by atoms with E-state index in [9.17, 15) is 9.90 Å². The van der Waals surface area contributed by atoms with Crippen molar-refractivity contribution in [3.8, 4) is 5.75 Å². The fourth-order valence-electron chi connectivity index (χ4n) is 2.38. The van der Waals surface area contributed by atoms with Crippen molar-refractivity contribution in [1.82, 2.24) is 19.5 Å². The van der Waals surface area contributed by atoms with Crippen LogP contribution in [0.25, 0.3) is 34.4 Å². The van der Waals surface area contributed by atoms with Crippen molar-refractivity contribution in [2.24, 2.45) is 0 Å². The number of benzene rings is 1. The van der Waals surface area contributed by atoms with Gasteiger partial charge in [-0.1, -0.05) is 23.7 Å². The maximum Gasteiger partial charge on any atom is 0.347 e. The van der Waals surface area contributed by atoms with Crippen LogP contribution in [0.15, 0.2) is 46.1 Å². The first-order valence-electron chi connectivity index (χ1n) is 6.91. The standard InChI is InChI=1S/C16H9ClN4O3/c17-14-12-15(19-7-18-14)21(8-20-12)6-5-10-13(22)9-3-1-2-4-11(9)24-16(10)23/h1-8,22H/b6-5+. The minimum Gasteiger partial charge on any atom is -0.506 e. The molecule has 0 spiro atoms. The van der Waals surface area contributed by atoms with E-state index in [4.69, 9.17) is 16.0 Å². The van der Waals surface area contributed by atoms with Crippen LogP contribution in [0.1, 0.15) is 5.56 Å². The van der Waals surface area contributed by atoms with Gasteiger partial charge in [0.15, 0.2) is 10.8 Å². The summed E-state index contributed by atoms with van der Waals surface area (Å²) in [5.41, 5.74) is 0.648. The average molecular weight is 341 g/mol. The average Bonchev–Trinajstić information content (AvgIpc) is 2.99. The molecule has 4 aromatic rings. The van der Waals surface area contributed by atoms with E-state index in [1.807, 2.05) is 0 Å². The van der Waals surface area contributed by atoms with Gasteiger partial charge in [-0.3, -0.25) is 4.57 Å². The molecule has 0 fully saturated rings. The Hall–Kier alpha value is -3.19. The van der Waals surface area contributed by atoms with Crippen LogP contribution in [0.4, 0.5) is 0 Å². The molecule has 0 atom stereocenters. The molecule has 3 aromatic heterocycles. The highest BCUT2D eigenvalue weighted by Crippen LogP contribution is 2.27. The Morgan fingerprint density at radius 3 is 2.92 bits per heavy atom. The van der Waals surface area contributed by atoms with Crippen molar-refractivity contribution < 1.29 is 9.52 Å². The van der Waals surface area contributed by atoms with E-state index in [-0.39, 0.29) is 16.5 Å². The number of rotatable bonds is 2. The predicted octanol–water partition coefficient (Wildman–Crippen LogP) is 2.92. The smallest absolute Gasteiger partial charge is 0.347 e. The lowest BCUT2D eigenvalue weighted by Crippen LogP contribution is -2.03. The number of nitrogens with zero attached hydrogens (tertiary/aromatic N) is 4. The first-order chi connectivity index (χ1) is 11.6. The summed E-state index contributed by atoms with van der Waals surface area (Å²) < 4.78 is 6.78. The zero-order chi connectivity index (χ0) is 16.7. The Labute approximate surface area is 139 Å². The first kappa shape index (κ1) is 14.4. The molecule has 0 aliphatic carbocycles. The van der Waals surface area contributed by atoms with Gasteiger partial charge in [-0.2, -0.15) is 0 Å². The van der Waals surface area contributed by atoms with Crippen molar-refractivity contribution >= 4 is 46.0 Å². The third-order valence-electron chi connectivity index (χ3n) is 3.54. The first-order valence-corrected chi connectivity index (χ1v) is 7.29. The summed E-state index contributed by atoms with van der Waals surface area (Å²) >= 11 is 5.95. The minimum atomic E-state index is -0.639. The van der Waals surface area contributed by atoms with Crippen molar-refractivity contribution in [1.29, 1.82) is 0 Å². The van der Waals surface area contributed by atoms with Gasteiger partial charge >= 0.3 is 5.63 Å². The van der Waals surface area contributed by atoms with Crippen LogP contribution in [0.3, 0.4) is 0 Å². The van der Waals surface area contributed by atoms with Gasteiger partial charge < -0.3 is 9.52 Å². The highest BCUT2D eigenvalue weighted by atomic mass is 35.5. The molecule has 0 amide bonds. The van der Waals surface area contributed by atoms with Gasteiger partial charge in [0.25, 0.3) is 0 Å². The number of para-hydroxylation sites is 1. The van der Waals surface area contributed by atoms with Gasteiger partial charge in [0.05, 0.1) is 5.39 Å². The van der Waals surface area contributed by atoms with E-state index in [1.165, 1.54) is 18.7 Å². The van der Waals surface area contributed by atoms with E-state index in [2.05, 4.69) is 15.0 Å². The Morgan fingerprint density at radius 2 is 2.04 bits per heavy atom. The van der Waals surface area contributed by atoms with E-state index in [0.717, 1.165) is 0 Å². The molecule has 4 rings (SSSR count). The highest BCUT2D eigenvalue weighted by molar-refractivity contribution is 6.33. The normalized spacial score (nSPS) is 11.7. The van der Waals surface area contributed by atoms with E-state index >= 15 is 0 Å². The fraction of sp³-hybridized carbons (Fsp3) is 0. The number of aromatic hydroxyl groups is 1. The molecular formula is C16H9ClN4O3. The number of halogens is 1. The molecule has 0 aliphatic rings. The lowest BCUT2D eigenvalue weighted by molar-refractivity contribution is 0.466. The van der Waals surface area contributed by atoms with Gasteiger partial charge in [-0.15, -0.1) is 0 Å². The van der Waals surface area contributed by atoms with Gasteiger partial charge in [0.1, 0.15) is 35.1 Å². The molecule has 0 saturated heterocycles. The molecular weight excluding hydrogens is 332 g/mol. The lowest BCUT2D eigenvalue weighted by atomic mass is 10.1. The van der Waals surface area contributed by atoms with Gasteiger partial charge in [-0.05, 0) is 18.2 Å². The van der Waals surface area contributed by atoms with E-state index < -0.39 is 5.63 Å². The fourth-order valence-corrected chi connectivity index (χ4v) is 2.56. The SMILES string of the molecule is O=c1oc2ccccc2c(O)c1/C=C/n1cnc2c(Cl)ncnc21. The van der Waals surface area contributed by atoms with Crippen LogP contribution in [0.2, 0.25) is 5.15 Å². The number of imidazole rings is 1. The molecule has 1 aromatic carbocycles. The second kappa shape index (κ2) is 5.47. The summed E-state index contributed by atoms with van der Waals surface area (Å²) in [5, 5.41) is 11.0. The second-order valence-corrected chi connectivity index (χ2v) is 5.31. The second-order valence-electron chi connectivity index (χ2n) is 4.95. The summed E-state index contributed by atoms with van der Waals surface area (Å²) in [7, 11) is 0. The zero-order valence-corrected chi connectivity index (χ0v) is 12.8. The van der Waals surface area contributed by atoms with Crippen LogP contribution in [-0.2, 0) is 0 Å². The van der Waals surface area contributed by atoms with Gasteiger partial charge in [0.2, 0.25) is 0 Å². The minimum absolute atomic E-state index is 0.0377. The van der Waals surface area contributed by atoms with Gasteiger partial charge in [0, 0.05) is 6.20 Å². The van der Waals surface area contributed by atoms with Crippen LogP contribution in [0, 0.1) is 0 Å². The molecule has 8 heteroatoms. The molecule has 0 unspecified atom stereocenters. The monoisotopic (exact) mass is 340 g/mol. The quantitative estimate of drug-likeness (QED) is 0.445. The number of aromatic nitrogens is 4. The molecule has 3 heterocycles. The molecule has 0 radical (unpaired) electrons. The van der Waals surface area contributed by atoms with Crippen molar-refractivity contribution in [3.05, 3.63) is 58.1 Å². The van der Waals surface area contributed by atoms with Crippen molar-refractivity contribution in [2.75, 3.05) is 0 Å². The topological polar surface area (TPSA) is 94.0 Å². The zero-order valence-electron chi connectivity index (χ0n) is 12.0. The number of hydrogen-bond acceptors (Lipinski definition) is 6. The molecule has 118 valence electrons. The van der Waals surface area contributed by atoms with E-state index in [1.54, 1.807) is 35.0 Å². The van der Waals surface area contributed by atoms with Crippen molar-refractivity contribution in [3.63, 3.8) is 0 Å².